The Morgan fingerprint density at radius 3 is 2.48 bits per heavy atom. The lowest BCUT2D eigenvalue weighted by atomic mass is 10.1. The quantitative estimate of drug-likeness (QED) is 0.497. The minimum Gasteiger partial charge on any atom is -0.497 e. The van der Waals surface area contributed by atoms with Crippen molar-refractivity contribution in [1.29, 1.82) is 0 Å². The average molecular weight is 399 g/mol. The molecule has 29 heavy (non-hydrogen) atoms. The third kappa shape index (κ3) is 6.84. The van der Waals surface area contributed by atoms with E-state index in [1.54, 1.807) is 45.4 Å². The maximum Gasteiger partial charge on any atom is 0.259 e. The number of nitrogens with one attached hydrogen (secondary N) is 2. The topological polar surface area (TPSA) is 98.2 Å². The number of rotatable bonds is 9. The summed E-state index contributed by atoms with van der Waals surface area (Å²) in [6, 6.07) is 12.6. The molecule has 2 aromatic carbocycles. The normalized spacial score (nSPS) is 10.8. The Morgan fingerprint density at radius 1 is 1.00 bits per heavy atom. The van der Waals surface area contributed by atoms with Crippen LogP contribution in [0.2, 0.25) is 0 Å². The van der Waals surface area contributed by atoms with Gasteiger partial charge in [0.25, 0.3) is 11.8 Å². The summed E-state index contributed by atoms with van der Waals surface area (Å²) in [7, 11) is 3.11. The van der Waals surface area contributed by atoms with E-state index in [-0.39, 0.29) is 13.2 Å². The summed E-state index contributed by atoms with van der Waals surface area (Å²) in [6.45, 7) is 3.27. The number of carbonyl (C=O) groups excluding carboxylic acids is 2. The average Bonchev–Trinajstić information content (AvgIpc) is 2.74. The molecule has 0 bridgehead atoms. The molecule has 2 rings (SSSR count). The van der Waals surface area contributed by atoms with E-state index < -0.39 is 11.8 Å². The van der Waals surface area contributed by atoms with Gasteiger partial charge < -0.3 is 19.5 Å². The third-order valence-corrected chi connectivity index (χ3v) is 3.95. The van der Waals surface area contributed by atoms with Gasteiger partial charge in [0.05, 0.1) is 26.5 Å². The van der Waals surface area contributed by atoms with E-state index in [4.69, 9.17) is 14.2 Å². The standard InChI is InChI=1S/C21H25N3O5/c1-14-6-5-7-17(10-14)29-13-21(26)22-12-20(25)24-23-15(2)18-9-8-16(27-3)11-19(18)28-4/h5-11H,12-13H2,1-4H3,(H,22,26)(H,24,25)/b23-15+. The van der Waals surface area contributed by atoms with Gasteiger partial charge >= 0.3 is 0 Å². The zero-order valence-corrected chi connectivity index (χ0v) is 16.9. The van der Waals surface area contributed by atoms with Gasteiger partial charge in [-0.05, 0) is 43.7 Å². The Kier molecular flexibility index (Phi) is 8.02. The molecule has 0 saturated carbocycles. The molecule has 0 fully saturated rings. The van der Waals surface area contributed by atoms with Gasteiger partial charge in [0.1, 0.15) is 17.2 Å². The highest BCUT2D eigenvalue weighted by atomic mass is 16.5. The van der Waals surface area contributed by atoms with Crippen molar-refractivity contribution in [2.45, 2.75) is 13.8 Å². The van der Waals surface area contributed by atoms with Crippen LogP contribution in [0.1, 0.15) is 18.1 Å². The molecule has 0 aromatic heterocycles. The Labute approximate surface area is 169 Å². The predicted molar refractivity (Wildman–Crippen MR) is 110 cm³/mol. The number of hydrogen-bond acceptors (Lipinski definition) is 6. The summed E-state index contributed by atoms with van der Waals surface area (Å²) in [5, 5.41) is 6.54. The van der Waals surface area contributed by atoms with Gasteiger partial charge in [0, 0.05) is 11.6 Å². The minimum absolute atomic E-state index is 0.178. The molecule has 0 heterocycles. The summed E-state index contributed by atoms with van der Waals surface area (Å²) in [5.74, 6) is 0.956. The smallest absolute Gasteiger partial charge is 0.259 e. The lowest BCUT2D eigenvalue weighted by Gasteiger charge is -2.10. The molecule has 0 aliphatic carbocycles. The zero-order chi connectivity index (χ0) is 21.2. The molecule has 2 aromatic rings. The first-order valence-electron chi connectivity index (χ1n) is 8.94. The highest BCUT2D eigenvalue weighted by molar-refractivity contribution is 6.01. The second-order valence-corrected chi connectivity index (χ2v) is 6.18. The number of hydrogen-bond donors (Lipinski definition) is 2. The first-order chi connectivity index (χ1) is 13.9. The number of amides is 2. The summed E-state index contributed by atoms with van der Waals surface area (Å²) >= 11 is 0. The molecule has 0 aliphatic heterocycles. The summed E-state index contributed by atoms with van der Waals surface area (Å²) in [6.07, 6.45) is 0. The van der Waals surface area contributed by atoms with Gasteiger partial charge in [-0.25, -0.2) is 5.43 Å². The molecule has 8 heteroatoms. The monoisotopic (exact) mass is 399 g/mol. The largest absolute Gasteiger partial charge is 0.497 e. The molecule has 0 atom stereocenters. The molecular weight excluding hydrogens is 374 g/mol. The predicted octanol–water partition coefficient (Wildman–Crippen LogP) is 2.05. The molecule has 0 aliphatic rings. The van der Waals surface area contributed by atoms with Crippen LogP contribution in [0.4, 0.5) is 0 Å². The van der Waals surface area contributed by atoms with Crippen LogP contribution in [-0.4, -0.2) is 44.9 Å². The molecule has 0 saturated heterocycles. The highest BCUT2D eigenvalue weighted by Crippen LogP contribution is 2.25. The minimum atomic E-state index is -0.458. The van der Waals surface area contributed by atoms with E-state index in [0.717, 1.165) is 5.56 Å². The Hall–Kier alpha value is -3.55. The second kappa shape index (κ2) is 10.7. The van der Waals surface area contributed by atoms with Crippen molar-refractivity contribution in [2.24, 2.45) is 5.10 Å². The van der Waals surface area contributed by atoms with E-state index >= 15 is 0 Å². The second-order valence-electron chi connectivity index (χ2n) is 6.18. The molecule has 8 nitrogen and oxygen atoms in total. The van der Waals surface area contributed by atoms with Crippen LogP contribution in [0.25, 0.3) is 0 Å². The first-order valence-corrected chi connectivity index (χ1v) is 8.94. The van der Waals surface area contributed by atoms with Crippen LogP contribution in [-0.2, 0) is 9.59 Å². The molecule has 0 spiro atoms. The Bertz CT molecular complexity index is 896. The van der Waals surface area contributed by atoms with Crippen molar-refractivity contribution in [3.63, 3.8) is 0 Å². The van der Waals surface area contributed by atoms with Crippen LogP contribution in [0.3, 0.4) is 0 Å². The van der Waals surface area contributed by atoms with Gasteiger partial charge in [0.2, 0.25) is 0 Å². The highest BCUT2D eigenvalue weighted by Gasteiger charge is 2.10. The van der Waals surface area contributed by atoms with Crippen molar-refractivity contribution >= 4 is 17.5 Å². The number of aryl methyl sites for hydroxylation is 1. The summed E-state index contributed by atoms with van der Waals surface area (Å²) < 4.78 is 15.9. The van der Waals surface area contributed by atoms with Crippen LogP contribution in [0, 0.1) is 6.92 Å². The molecule has 0 unspecified atom stereocenters. The van der Waals surface area contributed by atoms with E-state index in [0.29, 0.717) is 28.5 Å². The van der Waals surface area contributed by atoms with Crippen molar-refractivity contribution in [3.8, 4) is 17.2 Å². The maximum atomic E-state index is 11.9. The number of nitrogens with zero attached hydrogens (tertiary/aromatic N) is 1. The molecular formula is C21H25N3O5. The number of hydrazone groups is 1. The number of methoxy groups -OCH3 is 2. The van der Waals surface area contributed by atoms with Gasteiger partial charge in [0.15, 0.2) is 6.61 Å². The van der Waals surface area contributed by atoms with Gasteiger partial charge in [-0.1, -0.05) is 12.1 Å². The van der Waals surface area contributed by atoms with E-state index in [2.05, 4.69) is 15.8 Å². The summed E-state index contributed by atoms with van der Waals surface area (Å²) in [4.78, 5) is 23.8. The Morgan fingerprint density at radius 2 is 1.79 bits per heavy atom. The summed E-state index contributed by atoms with van der Waals surface area (Å²) in [5.41, 5.74) is 4.70. The van der Waals surface area contributed by atoms with E-state index in [1.165, 1.54) is 0 Å². The van der Waals surface area contributed by atoms with Crippen molar-refractivity contribution in [1.82, 2.24) is 10.7 Å². The van der Waals surface area contributed by atoms with Crippen molar-refractivity contribution in [2.75, 3.05) is 27.4 Å². The number of benzene rings is 2. The fourth-order valence-corrected chi connectivity index (χ4v) is 2.43. The Balaban J connectivity index is 1.82. The van der Waals surface area contributed by atoms with Crippen molar-refractivity contribution < 1.29 is 23.8 Å². The number of carbonyl (C=O) groups is 2. The molecule has 2 N–H and O–H groups in total. The third-order valence-electron chi connectivity index (χ3n) is 3.95. The first kappa shape index (κ1) is 21.7. The van der Waals surface area contributed by atoms with Gasteiger partial charge in [-0.3, -0.25) is 9.59 Å². The van der Waals surface area contributed by atoms with Crippen LogP contribution in [0.15, 0.2) is 47.6 Å². The van der Waals surface area contributed by atoms with E-state index in [9.17, 15) is 9.59 Å². The van der Waals surface area contributed by atoms with Crippen LogP contribution >= 0.6 is 0 Å². The number of ether oxygens (including phenoxy) is 3. The lowest BCUT2D eigenvalue weighted by molar-refractivity contribution is -0.127. The molecule has 2 amide bonds. The van der Waals surface area contributed by atoms with Crippen LogP contribution in [0.5, 0.6) is 17.2 Å². The van der Waals surface area contributed by atoms with Crippen molar-refractivity contribution in [3.05, 3.63) is 53.6 Å². The molecule has 0 radical (unpaired) electrons. The maximum absolute atomic E-state index is 11.9. The van der Waals surface area contributed by atoms with Gasteiger partial charge in [-0.2, -0.15) is 5.10 Å². The van der Waals surface area contributed by atoms with Crippen LogP contribution < -0.4 is 25.0 Å². The zero-order valence-electron chi connectivity index (χ0n) is 16.9. The fraction of sp³-hybridized carbons (Fsp3) is 0.286. The lowest BCUT2D eigenvalue weighted by Crippen LogP contribution is -2.37. The van der Waals surface area contributed by atoms with E-state index in [1.807, 2.05) is 25.1 Å². The molecule has 154 valence electrons. The van der Waals surface area contributed by atoms with Gasteiger partial charge in [-0.15, -0.1) is 0 Å². The fourth-order valence-electron chi connectivity index (χ4n) is 2.43. The SMILES string of the molecule is COc1ccc(/C(C)=N/NC(=O)CNC(=O)COc2cccc(C)c2)c(OC)c1.